The molecule has 1 saturated heterocycles. The maximum absolute atomic E-state index is 12.9. The normalized spacial score (nSPS) is 24.7. The van der Waals surface area contributed by atoms with Crippen LogP contribution in [0.2, 0.25) is 0 Å². The number of carbonyl (C=O) groups is 2. The van der Waals surface area contributed by atoms with Crippen molar-refractivity contribution in [1.29, 1.82) is 0 Å². The van der Waals surface area contributed by atoms with Crippen LogP contribution in [0.3, 0.4) is 0 Å². The average molecular weight is 347 g/mol. The fourth-order valence-corrected chi connectivity index (χ4v) is 3.38. The van der Waals surface area contributed by atoms with Crippen LogP contribution in [0.15, 0.2) is 18.3 Å². The van der Waals surface area contributed by atoms with Gasteiger partial charge >= 0.3 is 5.97 Å². The smallest absolute Gasteiger partial charge is 0.326 e. The zero-order valence-electron chi connectivity index (χ0n) is 14.9. The highest BCUT2D eigenvalue weighted by molar-refractivity contribution is 5.96. The number of morpholine rings is 1. The highest BCUT2D eigenvalue weighted by Crippen LogP contribution is 2.30. The van der Waals surface area contributed by atoms with E-state index >= 15 is 0 Å². The Labute approximate surface area is 147 Å². The van der Waals surface area contributed by atoms with Crippen molar-refractivity contribution in [3.05, 3.63) is 24.0 Å². The SMILES string of the molecule is CC1CN(c2ccnc(C(=O)N(C3CC3)C(C)C(=O)O)c2)CC(C)O1. The Morgan fingerprint density at radius 1 is 1.32 bits per heavy atom. The van der Waals surface area contributed by atoms with E-state index in [0.29, 0.717) is 5.69 Å². The van der Waals surface area contributed by atoms with Crippen LogP contribution in [-0.4, -0.2) is 64.2 Å². The van der Waals surface area contributed by atoms with Crippen molar-refractivity contribution in [1.82, 2.24) is 9.88 Å². The molecule has 3 atom stereocenters. The van der Waals surface area contributed by atoms with Gasteiger partial charge in [0, 0.05) is 31.0 Å². The summed E-state index contributed by atoms with van der Waals surface area (Å²) in [5, 5.41) is 9.31. The van der Waals surface area contributed by atoms with Crippen molar-refractivity contribution in [3.8, 4) is 0 Å². The molecule has 0 aromatic carbocycles. The van der Waals surface area contributed by atoms with Gasteiger partial charge in [-0.25, -0.2) is 4.79 Å². The molecule has 1 aromatic rings. The summed E-state index contributed by atoms with van der Waals surface area (Å²) in [6.45, 7) is 7.10. The first-order chi connectivity index (χ1) is 11.9. The van der Waals surface area contributed by atoms with Crippen molar-refractivity contribution >= 4 is 17.6 Å². The Kier molecular flexibility index (Phi) is 4.94. The van der Waals surface area contributed by atoms with Gasteiger partial charge in [0.05, 0.1) is 12.2 Å². The Morgan fingerprint density at radius 3 is 2.52 bits per heavy atom. The molecule has 3 rings (SSSR count). The molecule has 0 radical (unpaired) electrons. The molecule has 1 N–H and O–H groups in total. The van der Waals surface area contributed by atoms with Gasteiger partial charge < -0.3 is 19.6 Å². The van der Waals surface area contributed by atoms with Crippen molar-refractivity contribution in [3.63, 3.8) is 0 Å². The minimum Gasteiger partial charge on any atom is -0.480 e. The first-order valence-corrected chi connectivity index (χ1v) is 8.78. The fraction of sp³-hybridized carbons (Fsp3) is 0.611. The lowest BCUT2D eigenvalue weighted by atomic mass is 10.2. The topological polar surface area (TPSA) is 83.0 Å². The number of amides is 1. The molecule has 25 heavy (non-hydrogen) atoms. The first-order valence-electron chi connectivity index (χ1n) is 8.78. The van der Waals surface area contributed by atoms with Crippen LogP contribution in [0.25, 0.3) is 0 Å². The van der Waals surface area contributed by atoms with Gasteiger partial charge in [-0.15, -0.1) is 0 Å². The van der Waals surface area contributed by atoms with E-state index in [0.717, 1.165) is 31.6 Å². The quantitative estimate of drug-likeness (QED) is 0.874. The number of carbonyl (C=O) groups excluding carboxylic acids is 1. The van der Waals surface area contributed by atoms with Crippen LogP contribution in [0.5, 0.6) is 0 Å². The van der Waals surface area contributed by atoms with Crippen LogP contribution in [-0.2, 0) is 9.53 Å². The second-order valence-corrected chi connectivity index (χ2v) is 7.02. The molecule has 136 valence electrons. The molecule has 0 spiro atoms. The monoisotopic (exact) mass is 347 g/mol. The van der Waals surface area contributed by atoms with Crippen LogP contribution < -0.4 is 4.90 Å². The molecule has 0 bridgehead atoms. The van der Waals surface area contributed by atoms with Crippen molar-refractivity contribution < 1.29 is 19.4 Å². The average Bonchev–Trinajstić information content (AvgIpc) is 3.39. The van der Waals surface area contributed by atoms with Gasteiger partial charge in [-0.3, -0.25) is 9.78 Å². The summed E-state index contributed by atoms with van der Waals surface area (Å²) in [7, 11) is 0. The van der Waals surface area contributed by atoms with E-state index in [1.54, 1.807) is 19.2 Å². The van der Waals surface area contributed by atoms with Gasteiger partial charge in [0.25, 0.3) is 5.91 Å². The molecule has 1 saturated carbocycles. The maximum Gasteiger partial charge on any atom is 0.326 e. The zero-order valence-corrected chi connectivity index (χ0v) is 14.9. The molecule has 1 aromatic heterocycles. The van der Waals surface area contributed by atoms with Gasteiger partial charge in [-0.05, 0) is 45.7 Å². The summed E-state index contributed by atoms with van der Waals surface area (Å²) in [5.74, 6) is -1.30. The Bertz CT molecular complexity index is 651. The van der Waals surface area contributed by atoms with E-state index in [-0.39, 0.29) is 24.2 Å². The number of anilines is 1. The third-order valence-corrected chi connectivity index (χ3v) is 4.70. The highest BCUT2D eigenvalue weighted by Gasteiger charge is 2.39. The van der Waals surface area contributed by atoms with E-state index in [4.69, 9.17) is 4.74 Å². The summed E-state index contributed by atoms with van der Waals surface area (Å²) in [5.41, 5.74) is 1.21. The fourth-order valence-electron chi connectivity index (χ4n) is 3.38. The van der Waals surface area contributed by atoms with E-state index in [1.807, 2.05) is 19.9 Å². The minimum atomic E-state index is -0.993. The van der Waals surface area contributed by atoms with Gasteiger partial charge in [0.2, 0.25) is 0 Å². The molecule has 1 aliphatic carbocycles. The van der Waals surface area contributed by atoms with Crippen molar-refractivity contribution in [2.45, 2.75) is 57.9 Å². The van der Waals surface area contributed by atoms with Crippen LogP contribution in [0.4, 0.5) is 5.69 Å². The molecule has 7 nitrogen and oxygen atoms in total. The van der Waals surface area contributed by atoms with Gasteiger partial charge in [-0.1, -0.05) is 0 Å². The largest absolute Gasteiger partial charge is 0.480 e. The number of hydrogen-bond acceptors (Lipinski definition) is 5. The molecule has 7 heteroatoms. The Morgan fingerprint density at radius 2 is 1.96 bits per heavy atom. The lowest BCUT2D eigenvalue weighted by Gasteiger charge is -2.37. The van der Waals surface area contributed by atoms with Crippen molar-refractivity contribution in [2.75, 3.05) is 18.0 Å². The van der Waals surface area contributed by atoms with Gasteiger partial charge in [0.1, 0.15) is 11.7 Å². The van der Waals surface area contributed by atoms with Crippen LogP contribution in [0, 0.1) is 0 Å². The number of aliphatic carboxylic acids is 1. The summed E-state index contributed by atoms with van der Waals surface area (Å²) >= 11 is 0. The first kappa shape index (κ1) is 17.7. The summed E-state index contributed by atoms with van der Waals surface area (Å²) < 4.78 is 5.75. The zero-order chi connectivity index (χ0) is 18.1. The van der Waals surface area contributed by atoms with Gasteiger partial charge in [0.15, 0.2) is 0 Å². The summed E-state index contributed by atoms with van der Waals surface area (Å²) in [6.07, 6.45) is 3.55. The van der Waals surface area contributed by atoms with Crippen LogP contribution >= 0.6 is 0 Å². The Hall–Kier alpha value is -2.15. The second kappa shape index (κ2) is 7.00. The number of ether oxygens (including phenoxy) is 1. The lowest BCUT2D eigenvalue weighted by Crippen LogP contribution is -2.46. The molecule has 1 aliphatic heterocycles. The molecular formula is C18H25N3O4. The number of carboxylic acid groups (broad SMARTS) is 1. The predicted octanol–water partition coefficient (Wildman–Crippen LogP) is 1.77. The molecule has 2 fully saturated rings. The predicted molar refractivity (Wildman–Crippen MR) is 92.7 cm³/mol. The number of nitrogens with zero attached hydrogens (tertiary/aromatic N) is 3. The van der Waals surface area contributed by atoms with Gasteiger partial charge in [-0.2, -0.15) is 0 Å². The second-order valence-electron chi connectivity index (χ2n) is 7.02. The molecule has 2 heterocycles. The summed E-state index contributed by atoms with van der Waals surface area (Å²) in [4.78, 5) is 32.1. The third kappa shape index (κ3) is 3.92. The molecule has 1 amide bonds. The summed E-state index contributed by atoms with van der Waals surface area (Å²) in [6, 6.07) is 2.79. The molecule has 3 unspecified atom stereocenters. The number of rotatable bonds is 5. The number of aromatic nitrogens is 1. The third-order valence-electron chi connectivity index (χ3n) is 4.70. The van der Waals surface area contributed by atoms with E-state index in [1.165, 1.54) is 4.90 Å². The number of pyridine rings is 1. The Balaban J connectivity index is 1.82. The lowest BCUT2D eigenvalue weighted by molar-refractivity contribution is -0.141. The van der Waals surface area contributed by atoms with E-state index in [9.17, 15) is 14.7 Å². The van der Waals surface area contributed by atoms with Crippen LogP contribution in [0.1, 0.15) is 44.1 Å². The highest BCUT2D eigenvalue weighted by atomic mass is 16.5. The minimum absolute atomic E-state index is 0.00693. The molecule has 2 aliphatic rings. The van der Waals surface area contributed by atoms with Crippen molar-refractivity contribution in [2.24, 2.45) is 0 Å². The molecular weight excluding hydrogens is 322 g/mol. The van der Waals surface area contributed by atoms with E-state index < -0.39 is 12.0 Å². The number of hydrogen-bond donors (Lipinski definition) is 1. The standard InChI is InChI=1S/C18H25N3O4/c1-11-9-20(10-12(2)25-11)15-6-7-19-16(8-15)17(22)21(14-4-5-14)13(3)18(23)24/h6-8,11-14H,4-5,9-10H2,1-3H3,(H,23,24). The maximum atomic E-state index is 12.9. The van der Waals surface area contributed by atoms with E-state index in [2.05, 4.69) is 9.88 Å². The number of carboxylic acids is 1.